The average molecular weight is 347 g/mol. The minimum absolute atomic E-state index is 0.300. The third kappa shape index (κ3) is 3.57. The molecule has 0 atom stereocenters. The molecule has 0 fully saturated rings. The first kappa shape index (κ1) is 13.6. The normalized spacial score (nSPS) is 11.4. The van der Waals surface area contributed by atoms with Crippen LogP contribution in [0.3, 0.4) is 0 Å². The number of hydrogen-bond donors (Lipinski definition) is 0. The summed E-state index contributed by atoms with van der Waals surface area (Å²) in [5.74, 6) is 0.659. The van der Waals surface area contributed by atoms with Crippen molar-refractivity contribution in [1.82, 2.24) is 0 Å². The summed E-state index contributed by atoms with van der Waals surface area (Å²) >= 11 is 4.99. The zero-order valence-corrected chi connectivity index (χ0v) is 12.8. The minimum atomic E-state index is -3.14. The molecule has 96 valence electrons. The Morgan fingerprint density at radius 3 is 2.44 bits per heavy atom. The predicted molar refractivity (Wildman–Crippen MR) is 75.9 cm³/mol. The molecule has 0 bridgehead atoms. The third-order valence-electron chi connectivity index (χ3n) is 2.25. The van der Waals surface area contributed by atoms with E-state index in [-0.39, 0.29) is 0 Å². The molecule has 2 aromatic rings. The van der Waals surface area contributed by atoms with Crippen molar-refractivity contribution in [2.24, 2.45) is 0 Å². The molecule has 0 spiro atoms. The van der Waals surface area contributed by atoms with E-state index in [9.17, 15) is 8.42 Å². The lowest BCUT2D eigenvalue weighted by atomic mass is 10.3. The van der Waals surface area contributed by atoms with Crippen molar-refractivity contribution in [3.8, 4) is 5.75 Å². The van der Waals surface area contributed by atoms with Gasteiger partial charge in [-0.25, -0.2) is 8.42 Å². The fraction of sp³-hybridized carbons (Fsp3) is 0.167. The average Bonchev–Trinajstić information content (AvgIpc) is 2.72. The van der Waals surface area contributed by atoms with Crippen molar-refractivity contribution in [3.63, 3.8) is 0 Å². The number of halogens is 1. The molecule has 1 aromatic carbocycles. The molecular weight excluding hydrogens is 336 g/mol. The van der Waals surface area contributed by atoms with E-state index in [1.165, 1.54) is 6.26 Å². The standard InChI is InChI=1S/C12H11BrO3S2/c1-18(14,15)12-4-2-10(3-5-12)16-7-11-6-9(13)8-17-11/h2-6,8H,7H2,1H3. The topological polar surface area (TPSA) is 43.4 Å². The van der Waals surface area contributed by atoms with Gasteiger partial charge in [-0.2, -0.15) is 0 Å². The van der Waals surface area contributed by atoms with Gasteiger partial charge < -0.3 is 4.74 Å². The fourth-order valence-corrected chi connectivity index (χ4v) is 3.36. The molecule has 0 saturated heterocycles. The predicted octanol–water partition coefficient (Wildman–Crippen LogP) is 3.49. The molecule has 0 amide bonds. The highest BCUT2D eigenvalue weighted by atomic mass is 79.9. The van der Waals surface area contributed by atoms with Gasteiger partial charge in [0, 0.05) is 21.0 Å². The van der Waals surface area contributed by atoms with E-state index in [0.717, 1.165) is 9.35 Å². The van der Waals surface area contributed by atoms with E-state index in [2.05, 4.69) is 15.9 Å². The Hall–Kier alpha value is -0.850. The first-order valence-electron chi connectivity index (χ1n) is 5.11. The summed E-state index contributed by atoms with van der Waals surface area (Å²) in [6, 6.07) is 8.43. The second-order valence-electron chi connectivity index (χ2n) is 3.76. The zero-order chi connectivity index (χ0) is 13.2. The Morgan fingerprint density at radius 1 is 1.28 bits per heavy atom. The Morgan fingerprint density at radius 2 is 1.94 bits per heavy atom. The molecule has 0 unspecified atom stereocenters. The van der Waals surface area contributed by atoms with Gasteiger partial charge in [-0.1, -0.05) is 0 Å². The van der Waals surface area contributed by atoms with Crippen LogP contribution in [0.4, 0.5) is 0 Å². The van der Waals surface area contributed by atoms with Crippen LogP contribution in [0.25, 0.3) is 0 Å². The Bertz CT molecular complexity index is 630. The molecule has 0 aliphatic rings. The van der Waals surface area contributed by atoms with Gasteiger partial charge in [-0.05, 0) is 46.3 Å². The van der Waals surface area contributed by atoms with Crippen molar-refractivity contribution < 1.29 is 13.2 Å². The van der Waals surface area contributed by atoms with E-state index in [4.69, 9.17) is 4.74 Å². The summed E-state index contributed by atoms with van der Waals surface area (Å²) in [6.45, 7) is 0.481. The van der Waals surface area contributed by atoms with Crippen LogP contribution in [0.1, 0.15) is 4.88 Å². The minimum Gasteiger partial charge on any atom is -0.488 e. The van der Waals surface area contributed by atoms with Gasteiger partial charge in [-0.3, -0.25) is 0 Å². The van der Waals surface area contributed by atoms with Crippen LogP contribution in [0, 0.1) is 0 Å². The molecule has 0 aliphatic heterocycles. The number of ether oxygens (including phenoxy) is 1. The lowest BCUT2D eigenvalue weighted by Gasteiger charge is -2.05. The Labute approximate surface area is 118 Å². The van der Waals surface area contributed by atoms with Crippen LogP contribution in [-0.2, 0) is 16.4 Å². The van der Waals surface area contributed by atoms with Crippen LogP contribution < -0.4 is 4.74 Å². The van der Waals surface area contributed by atoms with Gasteiger partial charge in [-0.15, -0.1) is 11.3 Å². The summed E-state index contributed by atoms with van der Waals surface area (Å²) < 4.78 is 29.2. The highest BCUT2D eigenvalue weighted by Crippen LogP contribution is 2.22. The molecule has 6 heteroatoms. The molecule has 0 saturated carbocycles. The third-order valence-corrected chi connectivity index (χ3v) is 5.05. The number of thiophene rings is 1. The zero-order valence-electron chi connectivity index (χ0n) is 9.59. The van der Waals surface area contributed by atoms with Gasteiger partial charge in [0.05, 0.1) is 4.90 Å². The smallest absolute Gasteiger partial charge is 0.175 e. The largest absolute Gasteiger partial charge is 0.488 e. The quantitative estimate of drug-likeness (QED) is 0.850. The van der Waals surface area contributed by atoms with E-state index in [1.807, 2.05) is 11.4 Å². The first-order chi connectivity index (χ1) is 8.45. The van der Waals surface area contributed by atoms with Gasteiger partial charge in [0.15, 0.2) is 9.84 Å². The molecule has 0 aliphatic carbocycles. The number of hydrogen-bond acceptors (Lipinski definition) is 4. The van der Waals surface area contributed by atoms with Gasteiger partial charge in [0.25, 0.3) is 0 Å². The van der Waals surface area contributed by atoms with Crippen LogP contribution in [0.2, 0.25) is 0 Å². The SMILES string of the molecule is CS(=O)(=O)c1ccc(OCc2cc(Br)cs2)cc1. The maximum Gasteiger partial charge on any atom is 0.175 e. The fourth-order valence-electron chi connectivity index (χ4n) is 1.37. The molecule has 2 rings (SSSR count). The van der Waals surface area contributed by atoms with Crippen LogP contribution >= 0.6 is 27.3 Å². The highest BCUT2D eigenvalue weighted by molar-refractivity contribution is 9.10. The summed E-state index contributed by atoms with van der Waals surface area (Å²) in [4.78, 5) is 1.41. The van der Waals surface area contributed by atoms with Crippen LogP contribution in [-0.4, -0.2) is 14.7 Å². The molecule has 18 heavy (non-hydrogen) atoms. The molecule has 1 heterocycles. The molecule has 0 radical (unpaired) electrons. The number of benzene rings is 1. The maximum absolute atomic E-state index is 11.3. The summed E-state index contributed by atoms with van der Waals surface area (Å²) in [5, 5.41) is 1.99. The van der Waals surface area contributed by atoms with E-state index in [1.54, 1.807) is 35.6 Å². The number of rotatable bonds is 4. The Kier molecular flexibility index (Phi) is 4.09. The van der Waals surface area contributed by atoms with Crippen LogP contribution in [0.5, 0.6) is 5.75 Å². The second kappa shape index (κ2) is 5.42. The van der Waals surface area contributed by atoms with Gasteiger partial charge >= 0.3 is 0 Å². The summed E-state index contributed by atoms with van der Waals surface area (Å²) in [6.07, 6.45) is 1.19. The van der Waals surface area contributed by atoms with Crippen molar-refractivity contribution in [2.75, 3.05) is 6.26 Å². The molecule has 0 N–H and O–H groups in total. The highest BCUT2D eigenvalue weighted by Gasteiger charge is 2.06. The monoisotopic (exact) mass is 346 g/mol. The first-order valence-corrected chi connectivity index (χ1v) is 8.67. The van der Waals surface area contributed by atoms with E-state index < -0.39 is 9.84 Å². The number of sulfone groups is 1. The van der Waals surface area contributed by atoms with Crippen molar-refractivity contribution >= 4 is 37.1 Å². The van der Waals surface area contributed by atoms with E-state index >= 15 is 0 Å². The molecule has 1 aromatic heterocycles. The lowest BCUT2D eigenvalue weighted by molar-refractivity contribution is 0.309. The van der Waals surface area contributed by atoms with Crippen molar-refractivity contribution in [2.45, 2.75) is 11.5 Å². The van der Waals surface area contributed by atoms with Crippen LogP contribution in [0.15, 0.2) is 45.1 Å². The van der Waals surface area contributed by atoms with Crippen molar-refractivity contribution in [3.05, 3.63) is 45.1 Å². The molecule has 3 nitrogen and oxygen atoms in total. The van der Waals surface area contributed by atoms with Crippen molar-refractivity contribution in [1.29, 1.82) is 0 Å². The maximum atomic E-state index is 11.3. The second-order valence-corrected chi connectivity index (χ2v) is 7.69. The summed E-state index contributed by atoms with van der Waals surface area (Å²) in [7, 11) is -3.14. The summed E-state index contributed by atoms with van der Waals surface area (Å²) in [5.41, 5.74) is 0. The lowest BCUT2D eigenvalue weighted by Crippen LogP contribution is -1.97. The Balaban J connectivity index is 2.03. The van der Waals surface area contributed by atoms with Gasteiger partial charge in [0.1, 0.15) is 12.4 Å². The van der Waals surface area contributed by atoms with E-state index in [0.29, 0.717) is 17.3 Å². The van der Waals surface area contributed by atoms with Gasteiger partial charge in [0.2, 0.25) is 0 Å². The molecular formula is C12H11BrO3S2.